The van der Waals surface area contributed by atoms with E-state index in [1.807, 2.05) is 12.1 Å². The van der Waals surface area contributed by atoms with Crippen molar-refractivity contribution < 1.29 is 9.84 Å². The Morgan fingerprint density at radius 3 is 2.41 bits per heavy atom. The molecule has 1 unspecified atom stereocenters. The summed E-state index contributed by atoms with van der Waals surface area (Å²) in [4.78, 5) is 2.30. The summed E-state index contributed by atoms with van der Waals surface area (Å²) in [6, 6.07) is 8.76. The van der Waals surface area contributed by atoms with Crippen molar-refractivity contribution in [2.45, 2.75) is 57.6 Å². The lowest BCUT2D eigenvalue weighted by Gasteiger charge is -2.32. The Morgan fingerprint density at radius 1 is 1.18 bits per heavy atom. The third-order valence-corrected chi connectivity index (χ3v) is 4.47. The van der Waals surface area contributed by atoms with Gasteiger partial charge in [0.25, 0.3) is 0 Å². The minimum absolute atomic E-state index is 0. The largest absolute Gasteiger partial charge is 0.491 e. The number of rotatable bonds is 7. The molecule has 0 radical (unpaired) electrons. The first kappa shape index (κ1) is 19.3. The monoisotopic (exact) mass is 327 g/mol. The van der Waals surface area contributed by atoms with Crippen LogP contribution in [0.4, 0.5) is 0 Å². The number of nitrogens with zero attached hydrogens (tertiary/aromatic N) is 1. The average molecular weight is 328 g/mol. The summed E-state index contributed by atoms with van der Waals surface area (Å²) in [6.07, 6.45) is 7.16. The van der Waals surface area contributed by atoms with E-state index in [0.29, 0.717) is 19.2 Å². The summed E-state index contributed by atoms with van der Waals surface area (Å²) >= 11 is 0. The average Bonchev–Trinajstić information content (AvgIpc) is 2.54. The Morgan fingerprint density at radius 2 is 1.82 bits per heavy atom. The van der Waals surface area contributed by atoms with Crippen molar-refractivity contribution in [3.8, 4) is 5.75 Å². The molecule has 1 aromatic rings. The minimum atomic E-state index is -0.428. The summed E-state index contributed by atoms with van der Waals surface area (Å²) in [6.45, 7) is 3.20. The number of hydrogen-bond acceptors (Lipinski definition) is 3. The summed E-state index contributed by atoms with van der Waals surface area (Å²) in [5, 5.41) is 10.1. The van der Waals surface area contributed by atoms with Crippen molar-refractivity contribution in [2.24, 2.45) is 0 Å². The second kappa shape index (κ2) is 10.1. The molecule has 3 nitrogen and oxygen atoms in total. The van der Waals surface area contributed by atoms with Crippen LogP contribution < -0.4 is 4.74 Å². The maximum atomic E-state index is 10.1. The standard InChI is InChI=1S/C18H29NO2.ClH/c1-3-15-9-11-18(12-10-15)21-14-17(20)13-19(2)16-7-5-4-6-8-16;/h9-12,16-17,20H,3-8,13-14H2,1-2H3;1H. The van der Waals surface area contributed by atoms with Crippen LogP contribution in [0.25, 0.3) is 0 Å². The number of likely N-dealkylation sites (N-methyl/N-ethyl adjacent to an activating group) is 1. The molecular formula is C18H30ClNO2. The molecule has 1 fully saturated rings. The third kappa shape index (κ3) is 6.15. The number of halogens is 1. The van der Waals surface area contributed by atoms with E-state index >= 15 is 0 Å². The molecule has 0 amide bonds. The Bertz CT molecular complexity index is 404. The van der Waals surface area contributed by atoms with Gasteiger partial charge in [0.2, 0.25) is 0 Å². The lowest BCUT2D eigenvalue weighted by molar-refractivity contribution is 0.0561. The molecule has 0 bridgehead atoms. The first-order valence-corrected chi connectivity index (χ1v) is 8.29. The van der Waals surface area contributed by atoms with E-state index in [1.165, 1.54) is 37.7 Å². The summed E-state index contributed by atoms with van der Waals surface area (Å²) in [5.41, 5.74) is 1.31. The highest BCUT2D eigenvalue weighted by Crippen LogP contribution is 2.21. The number of benzene rings is 1. The fraction of sp³-hybridized carbons (Fsp3) is 0.667. The zero-order chi connectivity index (χ0) is 15.1. The summed E-state index contributed by atoms with van der Waals surface area (Å²) < 4.78 is 5.68. The molecule has 1 saturated carbocycles. The van der Waals surface area contributed by atoms with Gasteiger partial charge in [0.1, 0.15) is 18.5 Å². The zero-order valence-corrected chi connectivity index (χ0v) is 14.6. The van der Waals surface area contributed by atoms with Gasteiger partial charge < -0.3 is 14.7 Å². The van der Waals surface area contributed by atoms with Gasteiger partial charge in [0.05, 0.1) is 0 Å². The van der Waals surface area contributed by atoms with Gasteiger partial charge in [-0.15, -0.1) is 12.4 Å². The second-order valence-corrected chi connectivity index (χ2v) is 6.19. The van der Waals surface area contributed by atoms with Crippen molar-refractivity contribution in [2.75, 3.05) is 20.2 Å². The Labute approximate surface area is 141 Å². The van der Waals surface area contributed by atoms with Crippen LogP contribution in [0.3, 0.4) is 0 Å². The number of aliphatic hydroxyl groups is 1. The highest BCUT2D eigenvalue weighted by atomic mass is 35.5. The van der Waals surface area contributed by atoms with Crippen LogP contribution in [0.2, 0.25) is 0 Å². The molecule has 2 rings (SSSR count). The Kier molecular flexibility index (Phi) is 8.84. The van der Waals surface area contributed by atoms with Crippen molar-refractivity contribution >= 4 is 12.4 Å². The van der Waals surface area contributed by atoms with Crippen molar-refractivity contribution in [3.63, 3.8) is 0 Å². The number of hydrogen-bond donors (Lipinski definition) is 1. The van der Waals surface area contributed by atoms with E-state index in [0.717, 1.165) is 12.2 Å². The van der Waals surface area contributed by atoms with Gasteiger partial charge in [-0.25, -0.2) is 0 Å². The van der Waals surface area contributed by atoms with Gasteiger partial charge in [0, 0.05) is 12.6 Å². The second-order valence-electron chi connectivity index (χ2n) is 6.19. The molecule has 1 aromatic carbocycles. The lowest BCUT2D eigenvalue weighted by atomic mass is 9.94. The Hall–Kier alpha value is -0.770. The molecule has 1 aliphatic rings. The Balaban J connectivity index is 0.00000242. The molecule has 126 valence electrons. The van der Waals surface area contributed by atoms with Crippen molar-refractivity contribution in [3.05, 3.63) is 29.8 Å². The highest BCUT2D eigenvalue weighted by molar-refractivity contribution is 5.85. The van der Waals surface area contributed by atoms with Gasteiger partial charge in [-0.1, -0.05) is 38.3 Å². The maximum Gasteiger partial charge on any atom is 0.119 e. The smallest absolute Gasteiger partial charge is 0.119 e. The predicted molar refractivity (Wildman–Crippen MR) is 94.1 cm³/mol. The fourth-order valence-corrected chi connectivity index (χ4v) is 3.07. The van der Waals surface area contributed by atoms with Gasteiger partial charge in [-0.2, -0.15) is 0 Å². The van der Waals surface area contributed by atoms with E-state index in [-0.39, 0.29) is 12.4 Å². The van der Waals surface area contributed by atoms with Gasteiger partial charge in [-0.3, -0.25) is 0 Å². The molecule has 0 saturated heterocycles. The van der Waals surface area contributed by atoms with Gasteiger partial charge in [0.15, 0.2) is 0 Å². The van der Waals surface area contributed by atoms with Gasteiger partial charge >= 0.3 is 0 Å². The van der Waals surface area contributed by atoms with Crippen LogP contribution in [0.15, 0.2) is 24.3 Å². The third-order valence-electron chi connectivity index (χ3n) is 4.47. The maximum absolute atomic E-state index is 10.1. The molecule has 22 heavy (non-hydrogen) atoms. The lowest BCUT2D eigenvalue weighted by Crippen LogP contribution is -2.40. The first-order valence-electron chi connectivity index (χ1n) is 8.29. The van der Waals surface area contributed by atoms with E-state index in [2.05, 4.69) is 31.0 Å². The van der Waals surface area contributed by atoms with Crippen molar-refractivity contribution in [1.82, 2.24) is 4.90 Å². The normalized spacial score (nSPS) is 17.1. The molecule has 1 atom stereocenters. The predicted octanol–water partition coefficient (Wildman–Crippen LogP) is 3.68. The minimum Gasteiger partial charge on any atom is -0.491 e. The quantitative estimate of drug-likeness (QED) is 0.829. The summed E-state index contributed by atoms with van der Waals surface area (Å²) in [7, 11) is 2.12. The first-order chi connectivity index (χ1) is 10.2. The fourth-order valence-electron chi connectivity index (χ4n) is 3.07. The highest BCUT2D eigenvalue weighted by Gasteiger charge is 2.20. The van der Waals surface area contributed by atoms with E-state index in [1.54, 1.807) is 0 Å². The van der Waals surface area contributed by atoms with Gasteiger partial charge in [-0.05, 0) is 44.0 Å². The number of aliphatic hydroxyl groups excluding tert-OH is 1. The molecular weight excluding hydrogens is 298 g/mol. The van der Waals surface area contributed by atoms with E-state index in [4.69, 9.17) is 4.74 Å². The molecule has 0 aromatic heterocycles. The number of aryl methyl sites for hydroxylation is 1. The molecule has 1 N–H and O–H groups in total. The molecule has 0 spiro atoms. The molecule has 0 heterocycles. The SMILES string of the molecule is CCc1ccc(OCC(O)CN(C)C2CCCCC2)cc1.Cl. The molecule has 1 aliphatic carbocycles. The van der Waals surface area contributed by atoms with Crippen LogP contribution in [0.5, 0.6) is 5.75 Å². The molecule has 4 heteroatoms. The van der Waals surface area contributed by atoms with E-state index < -0.39 is 6.10 Å². The van der Waals surface area contributed by atoms with Crippen LogP contribution in [0.1, 0.15) is 44.6 Å². The zero-order valence-electron chi connectivity index (χ0n) is 13.8. The summed E-state index contributed by atoms with van der Waals surface area (Å²) in [5.74, 6) is 0.839. The van der Waals surface area contributed by atoms with Crippen LogP contribution in [-0.4, -0.2) is 42.4 Å². The van der Waals surface area contributed by atoms with Crippen LogP contribution in [0, 0.1) is 0 Å². The van der Waals surface area contributed by atoms with Crippen LogP contribution >= 0.6 is 12.4 Å². The van der Waals surface area contributed by atoms with Crippen LogP contribution in [-0.2, 0) is 6.42 Å². The van der Waals surface area contributed by atoms with Crippen molar-refractivity contribution in [1.29, 1.82) is 0 Å². The topological polar surface area (TPSA) is 32.7 Å². The molecule has 0 aliphatic heterocycles. The number of ether oxygens (including phenoxy) is 1. The van der Waals surface area contributed by atoms with E-state index in [9.17, 15) is 5.11 Å².